The first kappa shape index (κ1) is 12.0. The molecule has 1 aromatic rings. The highest BCUT2D eigenvalue weighted by atomic mass is 16.5. The number of allylic oxidation sites excluding steroid dienone is 1. The van der Waals surface area contributed by atoms with Gasteiger partial charge in [0.05, 0.1) is 0 Å². The third kappa shape index (κ3) is 4.46. The normalized spacial score (nSPS) is 11.1. The van der Waals surface area contributed by atoms with Crippen molar-refractivity contribution in [3.63, 3.8) is 0 Å². The molecule has 0 heterocycles. The number of carboxylic acids is 1. The number of ether oxygens (including phenoxy) is 1. The van der Waals surface area contributed by atoms with Crippen LogP contribution in [0.15, 0.2) is 42.5 Å². The van der Waals surface area contributed by atoms with Gasteiger partial charge in [0.1, 0.15) is 12.4 Å². The van der Waals surface area contributed by atoms with E-state index in [0.717, 1.165) is 17.4 Å². The Morgan fingerprint density at radius 3 is 3.00 bits per heavy atom. The quantitative estimate of drug-likeness (QED) is 0.610. The van der Waals surface area contributed by atoms with E-state index in [1.807, 2.05) is 37.3 Å². The third-order valence-corrected chi connectivity index (χ3v) is 1.86. The van der Waals surface area contributed by atoms with Gasteiger partial charge in [-0.3, -0.25) is 0 Å². The summed E-state index contributed by atoms with van der Waals surface area (Å²) in [5.41, 5.74) is 0.806. The van der Waals surface area contributed by atoms with Crippen LogP contribution in [-0.4, -0.2) is 17.7 Å². The Morgan fingerprint density at radius 2 is 2.31 bits per heavy atom. The van der Waals surface area contributed by atoms with Gasteiger partial charge in [-0.1, -0.05) is 24.3 Å². The first-order valence-corrected chi connectivity index (χ1v) is 4.97. The lowest BCUT2D eigenvalue weighted by molar-refractivity contribution is -0.131. The average Bonchev–Trinajstić information content (AvgIpc) is 2.27. The van der Waals surface area contributed by atoms with Crippen LogP contribution in [-0.2, 0) is 4.79 Å². The maximum Gasteiger partial charge on any atom is 0.328 e. The van der Waals surface area contributed by atoms with Gasteiger partial charge >= 0.3 is 5.97 Å². The average molecular weight is 218 g/mol. The maximum atomic E-state index is 10.3. The van der Waals surface area contributed by atoms with E-state index in [0.29, 0.717) is 6.61 Å². The van der Waals surface area contributed by atoms with Gasteiger partial charge in [-0.05, 0) is 30.7 Å². The Kier molecular flexibility index (Phi) is 4.86. The zero-order chi connectivity index (χ0) is 11.8. The SMILES string of the molecule is C/C=C/COc1cccc(/C=C/C(=O)O)c1. The van der Waals surface area contributed by atoms with Crippen molar-refractivity contribution in [1.29, 1.82) is 0 Å². The zero-order valence-corrected chi connectivity index (χ0v) is 9.09. The number of carbonyl (C=O) groups is 1. The summed E-state index contributed by atoms with van der Waals surface area (Å²) in [7, 11) is 0. The van der Waals surface area contributed by atoms with Crippen LogP contribution in [0.5, 0.6) is 5.75 Å². The highest BCUT2D eigenvalue weighted by Gasteiger charge is 1.94. The van der Waals surface area contributed by atoms with E-state index in [2.05, 4.69) is 0 Å². The van der Waals surface area contributed by atoms with Gasteiger partial charge in [0, 0.05) is 6.08 Å². The van der Waals surface area contributed by atoms with Crippen molar-refractivity contribution in [3.8, 4) is 5.75 Å². The molecule has 0 aliphatic carbocycles. The smallest absolute Gasteiger partial charge is 0.328 e. The summed E-state index contributed by atoms with van der Waals surface area (Å²) in [6, 6.07) is 7.28. The fourth-order valence-electron chi connectivity index (χ4n) is 1.12. The fourth-order valence-corrected chi connectivity index (χ4v) is 1.12. The molecule has 0 aliphatic rings. The summed E-state index contributed by atoms with van der Waals surface area (Å²) in [5, 5.41) is 8.49. The predicted octanol–water partition coefficient (Wildman–Crippen LogP) is 2.74. The number of carboxylic acid groups (broad SMARTS) is 1. The largest absolute Gasteiger partial charge is 0.490 e. The molecule has 16 heavy (non-hydrogen) atoms. The van der Waals surface area contributed by atoms with E-state index < -0.39 is 5.97 Å². The van der Waals surface area contributed by atoms with Crippen molar-refractivity contribution < 1.29 is 14.6 Å². The Balaban J connectivity index is 2.67. The van der Waals surface area contributed by atoms with Gasteiger partial charge in [-0.25, -0.2) is 4.79 Å². The van der Waals surface area contributed by atoms with Crippen molar-refractivity contribution in [2.24, 2.45) is 0 Å². The highest BCUT2D eigenvalue weighted by Crippen LogP contribution is 2.14. The van der Waals surface area contributed by atoms with Crippen LogP contribution in [0.25, 0.3) is 6.08 Å². The first-order valence-electron chi connectivity index (χ1n) is 4.97. The van der Waals surface area contributed by atoms with Crippen LogP contribution in [0.2, 0.25) is 0 Å². The van der Waals surface area contributed by atoms with Gasteiger partial charge in [0.25, 0.3) is 0 Å². The second kappa shape index (κ2) is 6.45. The second-order valence-corrected chi connectivity index (χ2v) is 3.12. The molecular weight excluding hydrogens is 204 g/mol. The monoisotopic (exact) mass is 218 g/mol. The maximum absolute atomic E-state index is 10.3. The molecule has 0 radical (unpaired) electrons. The lowest BCUT2D eigenvalue weighted by Gasteiger charge is -2.03. The minimum Gasteiger partial charge on any atom is -0.490 e. The summed E-state index contributed by atoms with van der Waals surface area (Å²) in [6.45, 7) is 2.44. The first-order chi connectivity index (χ1) is 7.72. The van der Waals surface area contributed by atoms with Crippen molar-refractivity contribution in [3.05, 3.63) is 48.1 Å². The number of aliphatic carboxylic acids is 1. The molecule has 1 aromatic carbocycles. The van der Waals surface area contributed by atoms with E-state index in [9.17, 15) is 4.79 Å². The van der Waals surface area contributed by atoms with E-state index in [4.69, 9.17) is 9.84 Å². The van der Waals surface area contributed by atoms with Crippen LogP contribution in [0, 0.1) is 0 Å². The molecule has 84 valence electrons. The molecule has 0 unspecified atom stereocenters. The van der Waals surface area contributed by atoms with E-state index in [-0.39, 0.29) is 0 Å². The Morgan fingerprint density at radius 1 is 1.50 bits per heavy atom. The van der Waals surface area contributed by atoms with Gasteiger partial charge < -0.3 is 9.84 Å². The lowest BCUT2D eigenvalue weighted by Crippen LogP contribution is -1.93. The molecule has 3 nitrogen and oxygen atoms in total. The Labute approximate surface area is 94.7 Å². The third-order valence-electron chi connectivity index (χ3n) is 1.86. The molecule has 0 saturated carbocycles. The van der Waals surface area contributed by atoms with E-state index in [1.165, 1.54) is 6.08 Å². The summed E-state index contributed by atoms with van der Waals surface area (Å²) >= 11 is 0. The van der Waals surface area contributed by atoms with Crippen LogP contribution < -0.4 is 4.74 Å². The van der Waals surface area contributed by atoms with Gasteiger partial charge in [0.2, 0.25) is 0 Å². The van der Waals surface area contributed by atoms with Gasteiger partial charge in [0.15, 0.2) is 0 Å². The lowest BCUT2D eigenvalue weighted by atomic mass is 10.2. The molecule has 0 atom stereocenters. The number of hydrogen-bond acceptors (Lipinski definition) is 2. The van der Waals surface area contributed by atoms with Crippen molar-refractivity contribution in [2.45, 2.75) is 6.92 Å². The van der Waals surface area contributed by atoms with E-state index in [1.54, 1.807) is 6.07 Å². The minimum absolute atomic E-state index is 0.516. The molecule has 0 aliphatic heterocycles. The molecule has 0 saturated heterocycles. The molecule has 0 aromatic heterocycles. The van der Waals surface area contributed by atoms with Crippen LogP contribution >= 0.6 is 0 Å². The molecule has 1 N–H and O–H groups in total. The number of hydrogen-bond donors (Lipinski definition) is 1. The van der Waals surface area contributed by atoms with Crippen LogP contribution in [0.4, 0.5) is 0 Å². The standard InChI is InChI=1S/C13H14O3/c1-2-3-9-16-12-6-4-5-11(10-12)7-8-13(14)15/h2-8,10H,9H2,1H3,(H,14,15)/b3-2+,8-7+. The minimum atomic E-state index is -0.958. The Bertz CT molecular complexity index is 405. The molecule has 3 heteroatoms. The molecule has 1 rings (SSSR count). The van der Waals surface area contributed by atoms with Crippen LogP contribution in [0.1, 0.15) is 12.5 Å². The van der Waals surface area contributed by atoms with Crippen LogP contribution in [0.3, 0.4) is 0 Å². The number of benzene rings is 1. The topological polar surface area (TPSA) is 46.5 Å². The van der Waals surface area contributed by atoms with Crippen molar-refractivity contribution in [1.82, 2.24) is 0 Å². The van der Waals surface area contributed by atoms with Gasteiger partial charge in [-0.15, -0.1) is 0 Å². The van der Waals surface area contributed by atoms with Crippen molar-refractivity contribution >= 4 is 12.0 Å². The fraction of sp³-hybridized carbons (Fsp3) is 0.154. The highest BCUT2D eigenvalue weighted by molar-refractivity contribution is 5.85. The Hall–Kier alpha value is -2.03. The molecule has 0 bridgehead atoms. The number of rotatable bonds is 5. The summed E-state index contributed by atoms with van der Waals surface area (Å²) in [6.07, 6.45) is 6.45. The summed E-state index contributed by atoms with van der Waals surface area (Å²) in [5.74, 6) is -0.231. The van der Waals surface area contributed by atoms with Crippen molar-refractivity contribution in [2.75, 3.05) is 6.61 Å². The summed E-state index contributed by atoms with van der Waals surface area (Å²) in [4.78, 5) is 10.3. The molecule has 0 amide bonds. The van der Waals surface area contributed by atoms with Gasteiger partial charge in [-0.2, -0.15) is 0 Å². The molecular formula is C13H14O3. The molecule has 0 fully saturated rings. The zero-order valence-electron chi connectivity index (χ0n) is 9.09. The summed E-state index contributed by atoms with van der Waals surface area (Å²) < 4.78 is 5.43. The van der Waals surface area contributed by atoms with E-state index >= 15 is 0 Å². The second-order valence-electron chi connectivity index (χ2n) is 3.12. The predicted molar refractivity (Wildman–Crippen MR) is 63.4 cm³/mol. The molecule has 0 spiro atoms.